The fourth-order valence-corrected chi connectivity index (χ4v) is 0.385. The van der Waals surface area contributed by atoms with Crippen molar-refractivity contribution in [1.29, 1.82) is 0 Å². The maximum atomic E-state index is 3.56. The first kappa shape index (κ1) is 12.9. The number of allylic oxidation sites excluding steroid dienone is 4. The van der Waals surface area contributed by atoms with E-state index in [1.54, 1.807) is 6.08 Å². The Morgan fingerprint density at radius 1 is 1.36 bits per heavy atom. The summed E-state index contributed by atoms with van der Waals surface area (Å²) in [5.74, 6) is 0.718. The van der Waals surface area contributed by atoms with Gasteiger partial charge in [-0.15, -0.1) is 0 Å². The molecule has 0 amide bonds. The van der Waals surface area contributed by atoms with E-state index in [0.29, 0.717) is 0 Å². The summed E-state index contributed by atoms with van der Waals surface area (Å²) in [6.45, 7) is 15.3. The fourth-order valence-electron chi connectivity index (χ4n) is 0.385. The highest BCUT2D eigenvalue weighted by molar-refractivity contribution is 5.05. The summed E-state index contributed by atoms with van der Waals surface area (Å²) < 4.78 is 0. The zero-order valence-electron chi connectivity index (χ0n) is 8.22. The molecule has 0 aromatic carbocycles. The van der Waals surface area contributed by atoms with Crippen LogP contribution in [-0.4, -0.2) is 0 Å². The molecule has 11 heavy (non-hydrogen) atoms. The Labute approximate surface area is 71.3 Å². The lowest BCUT2D eigenvalue weighted by Gasteiger charge is -1.86. The summed E-state index contributed by atoms with van der Waals surface area (Å²) in [5, 5.41) is 0. The van der Waals surface area contributed by atoms with Crippen molar-refractivity contribution in [3.63, 3.8) is 0 Å². The molecule has 0 N–H and O–H groups in total. The molecule has 0 rings (SSSR count). The third-order valence-corrected chi connectivity index (χ3v) is 0.926. The van der Waals surface area contributed by atoms with Gasteiger partial charge in [-0.2, -0.15) is 0 Å². The van der Waals surface area contributed by atoms with Crippen LogP contribution in [0.1, 0.15) is 27.7 Å². The highest BCUT2D eigenvalue weighted by Gasteiger charge is 1.76. The van der Waals surface area contributed by atoms with E-state index in [1.165, 1.54) is 0 Å². The van der Waals surface area contributed by atoms with Crippen LogP contribution in [0.25, 0.3) is 0 Å². The molecule has 0 aliphatic rings. The molecule has 0 spiro atoms. The highest BCUT2D eigenvalue weighted by Crippen LogP contribution is 1.90. The van der Waals surface area contributed by atoms with E-state index in [9.17, 15) is 0 Å². The highest BCUT2D eigenvalue weighted by atomic mass is 13.8. The first-order valence-electron chi connectivity index (χ1n) is 3.95. The molecule has 0 saturated carbocycles. The second-order valence-corrected chi connectivity index (χ2v) is 2.82. The molecule has 0 aromatic rings. The van der Waals surface area contributed by atoms with E-state index < -0.39 is 0 Å². The van der Waals surface area contributed by atoms with Crippen molar-refractivity contribution < 1.29 is 0 Å². The molecule has 0 unspecified atom stereocenters. The van der Waals surface area contributed by atoms with Crippen LogP contribution in [0.15, 0.2) is 37.0 Å². The molecule has 0 bridgehead atoms. The number of rotatable bonds is 2. The fraction of sp³-hybridized carbons (Fsp3) is 0.455. The van der Waals surface area contributed by atoms with Crippen LogP contribution in [0.3, 0.4) is 0 Å². The third kappa shape index (κ3) is 27.0. The molecule has 0 radical (unpaired) electrons. The zero-order valence-corrected chi connectivity index (χ0v) is 8.22. The second kappa shape index (κ2) is 9.22. The monoisotopic (exact) mass is 152 g/mol. The molecule has 0 fully saturated rings. The molecule has 0 nitrogen and oxygen atoms in total. The minimum Gasteiger partial charge on any atom is -0.0988 e. The number of hydrogen-bond acceptors (Lipinski definition) is 0. The van der Waals surface area contributed by atoms with Crippen LogP contribution in [0, 0.1) is 5.92 Å². The molecule has 0 aliphatic heterocycles. The Morgan fingerprint density at radius 3 is 1.73 bits per heavy atom. The van der Waals surface area contributed by atoms with Gasteiger partial charge in [-0.1, -0.05) is 50.8 Å². The van der Waals surface area contributed by atoms with E-state index in [4.69, 9.17) is 0 Å². The van der Waals surface area contributed by atoms with Gasteiger partial charge in [0, 0.05) is 0 Å². The van der Waals surface area contributed by atoms with Crippen LogP contribution in [0.2, 0.25) is 0 Å². The van der Waals surface area contributed by atoms with Gasteiger partial charge < -0.3 is 0 Å². The van der Waals surface area contributed by atoms with Crippen LogP contribution < -0.4 is 0 Å². The first-order chi connectivity index (χ1) is 5.04. The van der Waals surface area contributed by atoms with Crippen LogP contribution in [0.5, 0.6) is 0 Å². The van der Waals surface area contributed by atoms with Gasteiger partial charge >= 0.3 is 0 Å². The number of hydrogen-bond donors (Lipinski definition) is 0. The quantitative estimate of drug-likeness (QED) is 0.415. The molecule has 64 valence electrons. The molecular formula is C11H20. The Balaban J connectivity index is 0. The minimum atomic E-state index is 0.718. The lowest BCUT2D eigenvalue weighted by Crippen LogP contribution is -1.73. The van der Waals surface area contributed by atoms with Crippen molar-refractivity contribution >= 4 is 0 Å². The largest absolute Gasteiger partial charge is 0.0988 e. The van der Waals surface area contributed by atoms with E-state index in [2.05, 4.69) is 39.2 Å². The summed E-state index contributed by atoms with van der Waals surface area (Å²) >= 11 is 0. The van der Waals surface area contributed by atoms with E-state index >= 15 is 0 Å². The van der Waals surface area contributed by atoms with Gasteiger partial charge in [0.15, 0.2) is 0 Å². The molecule has 0 heteroatoms. The van der Waals surface area contributed by atoms with Crippen molar-refractivity contribution in [3.05, 3.63) is 37.0 Å². The third-order valence-electron chi connectivity index (χ3n) is 0.926. The maximum Gasteiger partial charge on any atom is -0.0291 e. The maximum absolute atomic E-state index is 3.56. The standard InChI is InChI=1S/C6H12.C5H8/c1-4-5-6(2)3;1-4-5(2)3/h4-6H,1-3H3;4H,1-2H2,3H3. The Kier molecular flexibility index (Phi) is 10.8. The lowest BCUT2D eigenvalue weighted by molar-refractivity contribution is 0.830. The molecule has 0 aliphatic carbocycles. The van der Waals surface area contributed by atoms with Gasteiger partial charge in [0.25, 0.3) is 0 Å². The summed E-state index contributed by atoms with van der Waals surface area (Å²) in [4.78, 5) is 0. The van der Waals surface area contributed by atoms with Crippen LogP contribution in [0.4, 0.5) is 0 Å². The van der Waals surface area contributed by atoms with Crippen molar-refractivity contribution in [1.82, 2.24) is 0 Å². The SMILES string of the molecule is C=CC(=C)C.CC=CC(C)C. The van der Waals surface area contributed by atoms with Gasteiger partial charge in [-0.3, -0.25) is 0 Å². The second-order valence-electron chi connectivity index (χ2n) is 2.82. The topological polar surface area (TPSA) is 0 Å². The van der Waals surface area contributed by atoms with Gasteiger partial charge in [0.1, 0.15) is 0 Å². The predicted octanol–water partition coefficient (Wildman–Crippen LogP) is 3.97. The summed E-state index contributed by atoms with van der Waals surface area (Å²) in [7, 11) is 0. The smallest absolute Gasteiger partial charge is 0.0291 e. The van der Waals surface area contributed by atoms with E-state index in [-0.39, 0.29) is 0 Å². The summed E-state index contributed by atoms with van der Waals surface area (Å²) in [6, 6.07) is 0. The van der Waals surface area contributed by atoms with Crippen molar-refractivity contribution in [2.75, 3.05) is 0 Å². The predicted molar refractivity (Wildman–Crippen MR) is 54.7 cm³/mol. The summed E-state index contributed by atoms with van der Waals surface area (Å²) in [6.07, 6.45) is 5.96. The van der Waals surface area contributed by atoms with Gasteiger partial charge in [0.05, 0.1) is 0 Å². The van der Waals surface area contributed by atoms with E-state index in [1.807, 2.05) is 13.8 Å². The van der Waals surface area contributed by atoms with Gasteiger partial charge in [-0.25, -0.2) is 0 Å². The van der Waals surface area contributed by atoms with Crippen LogP contribution >= 0.6 is 0 Å². The first-order valence-corrected chi connectivity index (χ1v) is 3.95. The molecule has 0 saturated heterocycles. The van der Waals surface area contributed by atoms with Crippen molar-refractivity contribution in [2.24, 2.45) is 5.92 Å². The van der Waals surface area contributed by atoms with E-state index in [0.717, 1.165) is 11.5 Å². The van der Waals surface area contributed by atoms with Gasteiger partial charge in [-0.05, 0) is 19.8 Å². The Hall–Kier alpha value is -0.780. The average molecular weight is 152 g/mol. The van der Waals surface area contributed by atoms with Crippen molar-refractivity contribution in [3.8, 4) is 0 Å². The average Bonchev–Trinajstić information content (AvgIpc) is 1.89. The summed E-state index contributed by atoms with van der Waals surface area (Å²) in [5.41, 5.74) is 1.02. The zero-order chi connectivity index (χ0) is 9.28. The molecule has 0 atom stereocenters. The minimum absolute atomic E-state index is 0.718. The Morgan fingerprint density at radius 2 is 1.73 bits per heavy atom. The normalized spacial score (nSPS) is 9.18. The molecule has 0 heterocycles. The lowest BCUT2D eigenvalue weighted by atomic mass is 10.2. The van der Waals surface area contributed by atoms with Crippen LogP contribution in [-0.2, 0) is 0 Å². The molecule has 0 aromatic heterocycles. The van der Waals surface area contributed by atoms with Gasteiger partial charge in [0.2, 0.25) is 0 Å². The Bertz CT molecular complexity index is 127. The molecular weight excluding hydrogens is 132 g/mol. The van der Waals surface area contributed by atoms with Crippen molar-refractivity contribution in [2.45, 2.75) is 27.7 Å².